The summed E-state index contributed by atoms with van der Waals surface area (Å²) in [6, 6.07) is 14.2. The second kappa shape index (κ2) is 8.52. The molecule has 2 aromatic rings. The van der Waals surface area contributed by atoms with Crippen LogP contribution >= 0.6 is 12.2 Å². The molecular formula is C20H25N3OS. The fourth-order valence-corrected chi connectivity index (χ4v) is 4.25. The summed E-state index contributed by atoms with van der Waals surface area (Å²) in [5.74, 6) is 0.304. The quantitative estimate of drug-likeness (QED) is 0.452. The Hall–Kier alpha value is -1.82. The third kappa shape index (κ3) is 4.06. The summed E-state index contributed by atoms with van der Waals surface area (Å²) in [6.45, 7) is 1.26. The van der Waals surface area contributed by atoms with Crippen molar-refractivity contribution >= 4 is 17.2 Å². The summed E-state index contributed by atoms with van der Waals surface area (Å²) in [6.07, 6.45) is 8.06. The lowest BCUT2D eigenvalue weighted by atomic mass is 9.62. The number of pyridine rings is 1. The molecule has 1 aliphatic carbocycles. The van der Waals surface area contributed by atoms with Gasteiger partial charge in [-0.1, -0.05) is 61.5 Å². The Kier molecular flexibility index (Phi) is 6.13. The molecule has 5 heteroatoms. The molecule has 1 aliphatic rings. The minimum absolute atomic E-state index is 0.301. The molecule has 4 nitrogen and oxygen atoms in total. The minimum atomic E-state index is -0.301. The molecular weight excluding hydrogens is 330 g/mol. The molecule has 25 heavy (non-hydrogen) atoms. The van der Waals surface area contributed by atoms with Gasteiger partial charge in [0.05, 0.1) is 17.0 Å². The first-order valence-electron chi connectivity index (χ1n) is 8.82. The smallest absolute Gasteiger partial charge is 0.0933 e. The highest BCUT2D eigenvalue weighted by atomic mass is 32.1. The molecule has 1 fully saturated rings. The normalized spacial score (nSPS) is 23.3. The van der Waals surface area contributed by atoms with Crippen molar-refractivity contribution in [1.82, 2.24) is 10.5 Å². The van der Waals surface area contributed by atoms with Crippen molar-refractivity contribution < 1.29 is 4.84 Å². The van der Waals surface area contributed by atoms with Crippen molar-refractivity contribution in [3.05, 3.63) is 66.0 Å². The summed E-state index contributed by atoms with van der Waals surface area (Å²) >= 11 is 5.52. The molecule has 0 spiro atoms. The molecule has 0 amide bonds. The van der Waals surface area contributed by atoms with Crippen molar-refractivity contribution in [3.63, 3.8) is 0 Å². The number of nitrogens with one attached hydrogen (secondary N) is 1. The number of hydrogen-bond donors (Lipinski definition) is 2. The van der Waals surface area contributed by atoms with E-state index in [1.807, 2.05) is 30.5 Å². The van der Waals surface area contributed by atoms with Crippen molar-refractivity contribution in [2.45, 2.75) is 37.7 Å². The van der Waals surface area contributed by atoms with Crippen molar-refractivity contribution in [2.24, 2.45) is 11.7 Å². The molecule has 0 aliphatic heterocycles. The Balaban J connectivity index is 1.68. The van der Waals surface area contributed by atoms with Crippen LogP contribution in [0.4, 0.5) is 0 Å². The number of rotatable bonds is 7. The van der Waals surface area contributed by atoms with E-state index < -0.39 is 0 Å². The minimum Gasteiger partial charge on any atom is -0.393 e. The molecule has 1 heterocycles. The lowest BCUT2D eigenvalue weighted by molar-refractivity contribution is 0.0109. The van der Waals surface area contributed by atoms with Crippen molar-refractivity contribution in [1.29, 1.82) is 0 Å². The maximum atomic E-state index is 6.25. The van der Waals surface area contributed by atoms with E-state index in [1.54, 1.807) is 6.20 Å². The predicted molar refractivity (Wildman–Crippen MR) is 104 cm³/mol. The maximum Gasteiger partial charge on any atom is 0.0933 e. The van der Waals surface area contributed by atoms with Gasteiger partial charge in [-0.2, -0.15) is 0 Å². The maximum absolute atomic E-state index is 6.25. The number of hydrogen-bond acceptors (Lipinski definition) is 4. The van der Waals surface area contributed by atoms with Crippen LogP contribution in [0.25, 0.3) is 0 Å². The molecule has 132 valence electrons. The molecule has 0 saturated heterocycles. The zero-order valence-corrected chi connectivity index (χ0v) is 15.2. The van der Waals surface area contributed by atoms with Gasteiger partial charge in [-0.05, 0) is 36.0 Å². The van der Waals surface area contributed by atoms with Gasteiger partial charge >= 0.3 is 0 Å². The fraction of sp³-hybridized carbons (Fsp3) is 0.400. The number of aromatic nitrogens is 1. The Labute approximate surface area is 154 Å². The van der Waals surface area contributed by atoms with Gasteiger partial charge in [0.25, 0.3) is 0 Å². The number of hydroxylamine groups is 1. The van der Waals surface area contributed by atoms with Crippen LogP contribution in [-0.2, 0) is 16.9 Å². The van der Waals surface area contributed by atoms with Gasteiger partial charge in [-0.3, -0.25) is 9.82 Å². The highest BCUT2D eigenvalue weighted by molar-refractivity contribution is 7.80. The summed E-state index contributed by atoms with van der Waals surface area (Å²) in [4.78, 5) is 10.5. The molecule has 1 aromatic heterocycles. The monoisotopic (exact) mass is 355 g/mol. The third-order valence-corrected chi connectivity index (χ3v) is 5.56. The van der Waals surface area contributed by atoms with E-state index >= 15 is 0 Å². The van der Waals surface area contributed by atoms with E-state index in [9.17, 15) is 0 Å². The number of nitrogens with zero attached hydrogens (tertiary/aromatic N) is 1. The molecule has 3 rings (SSSR count). The van der Waals surface area contributed by atoms with Gasteiger partial charge in [0, 0.05) is 18.9 Å². The van der Waals surface area contributed by atoms with Gasteiger partial charge in [0.15, 0.2) is 0 Å². The average Bonchev–Trinajstić information content (AvgIpc) is 2.67. The van der Waals surface area contributed by atoms with Gasteiger partial charge in [0.1, 0.15) is 0 Å². The molecule has 2 atom stereocenters. The van der Waals surface area contributed by atoms with E-state index in [4.69, 9.17) is 22.8 Å². The Bertz CT molecular complexity index is 680. The van der Waals surface area contributed by atoms with Gasteiger partial charge < -0.3 is 5.73 Å². The molecule has 1 saturated carbocycles. The molecule has 0 bridgehead atoms. The highest BCUT2D eigenvalue weighted by Crippen LogP contribution is 2.43. The fourth-order valence-electron chi connectivity index (χ4n) is 3.86. The van der Waals surface area contributed by atoms with Gasteiger partial charge in [0.2, 0.25) is 0 Å². The third-order valence-electron chi connectivity index (χ3n) is 5.20. The summed E-state index contributed by atoms with van der Waals surface area (Å²) < 4.78 is 0. The second-order valence-corrected chi connectivity index (χ2v) is 7.08. The second-order valence-electron chi connectivity index (χ2n) is 6.64. The highest BCUT2D eigenvalue weighted by Gasteiger charge is 2.44. The van der Waals surface area contributed by atoms with Gasteiger partial charge in [-0.25, -0.2) is 5.48 Å². The van der Waals surface area contributed by atoms with Crippen LogP contribution < -0.4 is 11.2 Å². The average molecular weight is 356 g/mol. The Morgan fingerprint density at radius 2 is 2.08 bits per heavy atom. The first-order chi connectivity index (χ1) is 12.2. The van der Waals surface area contributed by atoms with Crippen LogP contribution in [0.1, 0.15) is 36.8 Å². The van der Waals surface area contributed by atoms with Crippen LogP contribution in [0.3, 0.4) is 0 Å². The van der Waals surface area contributed by atoms with Crippen LogP contribution in [-0.4, -0.2) is 16.5 Å². The first-order valence-corrected chi connectivity index (χ1v) is 9.23. The topological polar surface area (TPSA) is 60.2 Å². The van der Waals surface area contributed by atoms with E-state index in [0.29, 0.717) is 17.5 Å². The van der Waals surface area contributed by atoms with Crippen LogP contribution in [0.15, 0.2) is 54.9 Å². The predicted octanol–water partition coefficient (Wildman–Crippen LogP) is 3.52. The molecule has 0 radical (unpaired) electrons. The summed E-state index contributed by atoms with van der Waals surface area (Å²) in [5, 5.41) is 0. The summed E-state index contributed by atoms with van der Waals surface area (Å²) in [5.41, 5.74) is 11.4. The van der Waals surface area contributed by atoms with Crippen LogP contribution in [0, 0.1) is 5.92 Å². The molecule has 1 aromatic carbocycles. The van der Waals surface area contributed by atoms with E-state index in [1.165, 1.54) is 6.42 Å². The zero-order chi connectivity index (χ0) is 17.5. The molecule has 2 unspecified atom stereocenters. The lowest BCUT2D eigenvalue weighted by Gasteiger charge is -2.44. The Morgan fingerprint density at radius 3 is 2.80 bits per heavy atom. The number of nitrogens with two attached hydrogens (primary N) is 1. The van der Waals surface area contributed by atoms with E-state index in [2.05, 4.69) is 28.7 Å². The van der Waals surface area contributed by atoms with Gasteiger partial charge in [-0.15, -0.1) is 0 Å². The van der Waals surface area contributed by atoms with E-state index in [-0.39, 0.29) is 5.41 Å². The number of thiocarbonyl (C=S) groups is 1. The van der Waals surface area contributed by atoms with Crippen molar-refractivity contribution in [3.8, 4) is 0 Å². The zero-order valence-electron chi connectivity index (χ0n) is 14.4. The number of benzene rings is 1. The van der Waals surface area contributed by atoms with Crippen LogP contribution in [0.5, 0.6) is 0 Å². The summed E-state index contributed by atoms with van der Waals surface area (Å²) in [7, 11) is 0. The SMILES string of the molecule is NC(=S)C1(c2cccnc2)CCCCC1CNOCc1ccccc1. The van der Waals surface area contributed by atoms with Crippen LogP contribution in [0.2, 0.25) is 0 Å². The van der Waals surface area contributed by atoms with Crippen molar-refractivity contribution in [2.75, 3.05) is 6.54 Å². The standard InChI is InChI=1S/C20H25N3OS/c21-19(25)20(17-10-6-12-22-13-17)11-5-4-9-18(20)14-23-24-15-16-7-2-1-3-8-16/h1-3,6-8,10,12-13,18,23H,4-5,9,11,14-15H2,(H2,21,25). The lowest BCUT2D eigenvalue weighted by Crippen LogP contribution is -2.51. The Morgan fingerprint density at radius 1 is 1.24 bits per heavy atom. The largest absolute Gasteiger partial charge is 0.393 e. The van der Waals surface area contributed by atoms with E-state index in [0.717, 1.165) is 36.9 Å². The molecule has 3 N–H and O–H groups in total. The first kappa shape index (κ1) is 18.0.